The van der Waals surface area contributed by atoms with Crippen molar-refractivity contribution in [2.24, 2.45) is 5.41 Å². The van der Waals surface area contributed by atoms with Gasteiger partial charge in [-0.05, 0) is 30.9 Å². The van der Waals surface area contributed by atoms with Gasteiger partial charge in [-0.15, -0.1) is 11.6 Å². The van der Waals surface area contributed by atoms with Crippen LogP contribution in [0.1, 0.15) is 38.4 Å². The van der Waals surface area contributed by atoms with E-state index < -0.39 is 0 Å². The quantitative estimate of drug-likeness (QED) is 0.732. The smallest absolute Gasteiger partial charge is 0.151 e. The van der Waals surface area contributed by atoms with Crippen LogP contribution in [0.4, 0.5) is 4.39 Å². The highest BCUT2D eigenvalue weighted by molar-refractivity contribution is 6.20. The van der Waals surface area contributed by atoms with E-state index in [0.29, 0.717) is 17.9 Å². The third-order valence-corrected chi connectivity index (χ3v) is 3.88. The molecule has 0 aliphatic carbocycles. The van der Waals surface area contributed by atoms with Gasteiger partial charge in [-0.1, -0.05) is 19.9 Å². The van der Waals surface area contributed by atoms with Crippen LogP contribution in [0, 0.1) is 11.2 Å². The number of aromatic nitrogens is 2. The lowest BCUT2D eigenvalue weighted by Crippen LogP contribution is -2.23. The molecule has 1 heterocycles. The van der Waals surface area contributed by atoms with Crippen molar-refractivity contribution in [3.63, 3.8) is 0 Å². The first-order valence-corrected chi connectivity index (χ1v) is 7.57. The predicted molar refractivity (Wildman–Crippen MR) is 84.2 cm³/mol. The van der Waals surface area contributed by atoms with Gasteiger partial charge in [0.15, 0.2) is 5.82 Å². The number of fused-ring (bicyclic) bond motifs is 1. The second-order valence-corrected chi connectivity index (χ2v) is 6.84. The van der Waals surface area contributed by atoms with E-state index in [4.69, 9.17) is 16.3 Å². The average molecular weight is 313 g/mol. The van der Waals surface area contributed by atoms with Crippen molar-refractivity contribution >= 4 is 22.6 Å². The van der Waals surface area contributed by atoms with Crippen LogP contribution < -0.4 is 0 Å². The summed E-state index contributed by atoms with van der Waals surface area (Å²) in [4.78, 5) is 4.40. The maximum absolute atomic E-state index is 13.9. The number of alkyl halides is 1. The van der Waals surface area contributed by atoms with E-state index in [2.05, 4.69) is 18.8 Å². The van der Waals surface area contributed by atoms with Crippen molar-refractivity contribution in [3.05, 3.63) is 29.8 Å². The standard InChI is InChI=1S/C16H22ClFN2O/c1-11(17)15-19-14-12(18)6-5-7-13(14)20(15)10-16(2,3)8-9-21-4/h5-7,11H,8-10H2,1-4H3. The van der Waals surface area contributed by atoms with E-state index >= 15 is 0 Å². The van der Waals surface area contributed by atoms with E-state index in [1.165, 1.54) is 6.07 Å². The summed E-state index contributed by atoms with van der Waals surface area (Å²) >= 11 is 6.23. The van der Waals surface area contributed by atoms with Crippen molar-refractivity contribution < 1.29 is 9.13 Å². The summed E-state index contributed by atoms with van der Waals surface area (Å²) in [6.45, 7) is 7.61. The lowest BCUT2D eigenvalue weighted by molar-refractivity contribution is 0.142. The fourth-order valence-electron chi connectivity index (χ4n) is 2.49. The number of para-hydroxylation sites is 1. The molecule has 1 aromatic carbocycles. The Morgan fingerprint density at radius 3 is 2.76 bits per heavy atom. The zero-order chi connectivity index (χ0) is 15.6. The van der Waals surface area contributed by atoms with Gasteiger partial charge in [0, 0.05) is 20.3 Å². The third kappa shape index (κ3) is 3.55. The summed E-state index contributed by atoms with van der Waals surface area (Å²) in [5.74, 6) is 0.404. The molecule has 0 aliphatic rings. The maximum Gasteiger partial charge on any atom is 0.151 e. The molecule has 0 aliphatic heterocycles. The Hall–Kier alpha value is -1.13. The van der Waals surface area contributed by atoms with E-state index in [1.807, 2.05) is 17.6 Å². The highest BCUT2D eigenvalue weighted by Crippen LogP contribution is 2.31. The largest absolute Gasteiger partial charge is 0.385 e. The molecule has 0 fully saturated rings. The number of halogens is 2. The minimum atomic E-state index is -0.306. The Kier molecular flexibility index (Phi) is 4.89. The zero-order valence-electron chi connectivity index (χ0n) is 13.0. The second kappa shape index (κ2) is 6.32. The molecule has 1 atom stereocenters. The SMILES string of the molecule is COCCC(C)(C)Cn1c(C(C)Cl)nc2c(F)cccc21. The first-order chi connectivity index (χ1) is 9.85. The molecule has 0 saturated heterocycles. The minimum Gasteiger partial charge on any atom is -0.385 e. The van der Waals surface area contributed by atoms with Crippen LogP contribution in [-0.2, 0) is 11.3 Å². The fourth-order valence-corrected chi connectivity index (χ4v) is 2.65. The first kappa shape index (κ1) is 16.2. The van der Waals surface area contributed by atoms with Crippen LogP contribution in [0.2, 0.25) is 0 Å². The molecule has 2 aromatic rings. The number of nitrogens with zero attached hydrogens (tertiary/aromatic N) is 2. The zero-order valence-corrected chi connectivity index (χ0v) is 13.7. The normalized spacial score (nSPS) is 13.8. The molecule has 21 heavy (non-hydrogen) atoms. The monoisotopic (exact) mass is 312 g/mol. The van der Waals surface area contributed by atoms with Crippen LogP contribution in [0.25, 0.3) is 11.0 Å². The number of hydrogen-bond acceptors (Lipinski definition) is 2. The molecular weight excluding hydrogens is 291 g/mol. The Morgan fingerprint density at radius 2 is 2.14 bits per heavy atom. The number of imidazole rings is 1. The Labute approximate surface area is 130 Å². The van der Waals surface area contributed by atoms with Crippen molar-refractivity contribution in [1.29, 1.82) is 0 Å². The van der Waals surface area contributed by atoms with E-state index in [9.17, 15) is 4.39 Å². The highest BCUT2D eigenvalue weighted by atomic mass is 35.5. The maximum atomic E-state index is 13.9. The second-order valence-electron chi connectivity index (χ2n) is 6.19. The first-order valence-electron chi connectivity index (χ1n) is 7.13. The number of rotatable bonds is 6. The van der Waals surface area contributed by atoms with Gasteiger partial charge in [0.25, 0.3) is 0 Å². The lowest BCUT2D eigenvalue weighted by Gasteiger charge is -2.26. The molecule has 3 nitrogen and oxygen atoms in total. The van der Waals surface area contributed by atoms with Gasteiger partial charge in [0.2, 0.25) is 0 Å². The molecule has 0 saturated carbocycles. The summed E-state index contributed by atoms with van der Waals surface area (Å²) in [5.41, 5.74) is 1.20. The summed E-state index contributed by atoms with van der Waals surface area (Å²) in [7, 11) is 1.70. The number of hydrogen-bond donors (Lipinski definition) is 0. The van der Waals surface area contributed by atoms with Crippen molar-refractivity contribution in [2.45, 2.75) is 39.1 Å². The van der Waals surface area contributed by atoms with Crippen LogP contribution in [0.3, 0.4) is 0 Å². The molecule has 0 spiro atoms. The fraction of sp³-hybridized carbons (Fsp3) is 0.562. The minimum absolute atomic E-state index is 0.0104. The molecule has 2 rings (SSSR count). The lowest BCUT2D eigenvalue weighted by atomic mass is 9.89. The topological polar surface area (TPSA) is 27.1 Å². The van der Waals surface area contributed by atoms with Crippen LogP contribution in [-0.4, -0.2) is 23.3 Å². The van der Waals surface area contributed by atoms with Gasteiger partial charge in [-0.2, -0.15) is 0 Å². The van der Waals surface area contributed by atoms with Gasteiger partial charge in [0.1, 0.15) is 11.3 Å². The number of ether oxygens (including phenoxy) is 1. The third-order valence-electron chi connectivity index (χ3n) is 3.68. The van der Waals surface area contributed by atoms with Gasteiger partial charge in [0.05, 0.1) is 10.9 Å². The van der Waals surface area contributed by atoms with Crippen molar-refractivity contribution in [3.8, 4) is 0 Å². The number of methoxy groups -OCH3 is 1. The Morgan fingerprint density at radius 1 is 1.43 bits per heavy atom. The van der Waals surface area contributed by atoms with E-state index in [-0.39, 0.29) is 16.6 Å². The van der Waals surface area contributed by atoms with Crippen LogP contribution in [0.15, 0.2) is 18.2 Å². The molecule has 116 valence electrons. The molecule has 0 amide bonds. The Balaban J connectivity index is 2.46. The molecule has 0 N–H and O–H groups in total. The molecule has 0 radical (unpaired) electrons. The Bertz CT molecular complexity index is 622. The summed E-state index contributed by atoms with van der Waals surface area (Å²) in [6.07, 6.45) is 0.911. The van der Waals surface area contributed by atoms with Gasteiger partial charge in [-0.25, -0.2) is 9.37 Å². The van der Waals surface area contributed by atoms with E-state index in [1.54, 1.807) is 13.2 Å². The van der Waals surface area contributed by atoms with Crippen molar-refractivity contribution in [1.82, 2.24) is 9.55 Å². The van der Waals surface area contributed by atoms with E-state index in [0.717, 1.165) is 18.5 Å². The van der Waals surface area contributed by atoms with Crippen molar-refractivity contribution in [2.75, 3.05) is 13.7 Å². The molecular formula is C16H22ClFN2O. The average Bonchev–Trinajstić information content (AvgIpc) is 2.77. The predicted octanol–water partition coefficient (Wildman–Crippen LogP) is 4.54. The molecule has 0 bridgehead atoms. The van der Waals surface area contributed by atoms with Gasteiger partial charge >= 0.3 is 0 Å². The van der Waals surface area contributed by atoms with Gasteiger partial charge in [-0.3, -0.25) is 0 Å². The summed E-state index contributed by atoms with van der Waals surface area (Å²) < 4.78 is 21.1. The summed E-state index contributed by atoms with van der Waals surface area (Å²) in [6, 6.07) is 5.03. The van der Waals surface area contributed by atoms with Crippen LogP contribution >= 0.6 is 11.6 Å². The van der Waals surface area contributed by atoms with Gasteiger partial charge < -0.3 is 9.30 Å². The number of benzene rings is 1. The highest BCUT2D eigenvalue weighted by Gasteiger charge is 2.24. The summed E-state index contributed by atoms with van der Waals surface area (Å²) in [5, 5.41) is -0.268. The molecule has 5 heteroatoms. The molecule has 1 aromatic heterocycles. The molecule has 1 unspecified atom stereocenters. The van der Waals surface area contributed by atoms with Crippen LogP contribution in [0.5, 0.6) is 0 Å².